The van der Waals surface area contributed by atoms with Crippen LogP contribution in [0.4, 0.5) is 0 Å². The first-order valence-corrected chi connectivity index (χ1v) is 9.09. The minimum absolute atomic E-state index is 0.0480. The highest BCUT2D eigenvalue weighted by atomic mass is 32.2. The van der Waals surface area contributed by atoms with Gasteiger partial charge in [-0.15, -0.1) is 0 Å². The van der Waals surface area contributed by atoms with E-state index in [1.807, 2.05) is 0 Å². The molecule has 4 rings (SSSR count). The molecule has 1 aromatic carbocycles. The van der Waals surface area contributed by atoms with Gasteiger partial charge in [0.25, 0.3) is 0 Å². The first kappa shape index (κ1) is 14.7. The van der Waals surface area contributed by atoms with Crippen LogP contribution in [-0.4, -0.2) is 36.9 Å². The number of carboxylic acid groups (broad SMARTS) is 1. The Kier molecular flexibility index (Phi) is 3.08. The molecule has 1 aliphatic carbocycles. The fourth-order valence-electron chi connectivity index (χ4n) is 4.08. The van der Waals surface area contributed by atoms with Crippen LogP contribution < -0.4 is 0 Å². The van der Waals surface area contributed by atoms with Gasteiger partial charge in [-0.1, -0.05) is 18.6 Å². The van der Waals surface area contributed by atoms with Crippen LogP contribution in [0.2, 0.25) is 0 Å². The van der Waals surface area contributed by atoms with Crippen molar-refractivity contribution in [3.63, 3.8) is 0 Å². The Hall–Kier alpha value is -1.86. The van der Waals surface area contributed by atoms with Gasteiger partial charge in [-0.3, -0.25) is 4.79 Å². The summed E-state index contributed by atoms with van der Waals surface area (Å²) in [5.74, 6) is -0.987. The van der Waals surface area contributed by atoms with E-state index >= 15 is 0 Å². The Balaban J connectivity index is 1.76. The highest BCUT2D eigenvalue weighted by Gasteiger charge is 2.57. The third kappa shape index (κ3) is 1.96. The predicted octanol–water partition coefficient (Wildman–Crippen LogP) is 2.31. The molecule has 1 saturated carbocycles. The predicted molar refractivity (Wildman–Crippen MR) is 82.4 cm³/mol. The average Bonchev–Trinajstić information content (AvgIpc) is 3.19. The number of carboxylic acids is 1. The van der Waals surface area contributed by atoms with Gasteiger partial charge < -0.3 is 9.52 Å². The molecule has 0 bridgehead atoms. The van der Waals surface area contributed by atoms with Gasteiger partial charge in [0, 0.05) is 18.5 Å². The zero-order chi connectivity index (χ0) is 16.2. The summed E-state index contributed by atoms with van der Waals surface area (Å²) >= 11 is 0. The number of nitrogens with zero attached hydrogens (tertiary/aromatic N) is 1. The van der Waals surface area contributed by atoms with E-state index in [-0.39, 0.29) is 23.9 Å². The Bertz CT molecular complexity index is 887. The minimum atomic E-state index is -3.77. The monoisotopic (exact) mass is 335 g/mol. The second-order valence-corrected chi connectivity index (χ2v) is 8.35. The van der Waals surface area contributed by atoms with Crippen molar-refractivity contribution in [3.05, 3.63) is 30.5 Å². The molecule has 1 aliphatic heterocycles. The van der Waals surface area contributed by atoms with E-state index < -0.39 is 21.4 Å². The molecular weight excluding hydrogens is 318 g/mol. The van der Waals surface area contributed by atoms with Gasteiger partial charge in [-0.25, -0.2) is 8.42 Å². The Morgan fingerprint density at radius 2 is 2.17 bits per heavy atom. The second-order valence-electron chi connectivity index (χ2n) is 6.44. The standard InChI is InChI=1S/C16H17NO5S/c18-15(19)16-7-2-4-12(16)9-17(10-16)23(20,21)13-5-1-3-11-6-8-22-14(11)13/h1,3,5-6,8,12H,2,4,7,9-10H2,(H,18,19)/t12-,16+/m0/s1. The van der Waals surface area contributed by atoms with Crippen LogP contribution in [0.3, 0.4) is 0 Å². The molecule has 0 unspecified atom stereocenters. The largest absolute Gasteiger partial charge is 0.481 e. The second kappa shape index (κ2) is 4.82. The molecule has 2 aromatic rings. The number of furan rings is 1. The first-order chi connectivity index (χ1) is 10.9. The molecular formula is C16H17NO5S. The molecule has 2 aliphatic rings. The van der Waals surface area contributed by atoms with Gasteiger partial charge in [-0.2, -0.15) is 4.31 Å². The topological polar surface area (TPSA) is 87.8 Å². The number of para-hydroxylation sites is 1. The maximum Gasteiger partial charge on any atom is 0.311 e. The van der Waals surface area contributed by atoms with Crippen LogP contribution in [-0.2, 0) is 14.8 Å². The zero-order valence-electron chi connectivity index (χ0n) is 12.4. The molecule has 1 N–H and O–H groups in total. The van der Waals surface area contributed by atoms with Crippen molar-refractivity contribution in [1.29, 1.82) is 0 Å². The minimum Gasteiger partial charge on any atom is -0.481 e. The lowest BCUT2D eigenvalue weighted by atomic mass is 9.81. The van der Waals surface area contributed by atoms with Crippen LogP contribution in [0.5, 0.6) is 0 Å². The number of benzene rings is 1. The Labute approximate surface area is 133 Å². The van der Waals surface area contributed by atoms with E-state index in [0.717, 1.165) is 18.2 Å². The molecule has 1 aromatic heterocycles. The number of aliphatic carboxylic acids is 1. The van der Waals surface area contributed by atoms with Crippen molar-refractivity contribution in [2.45, 2.75) is 24.2 Å². The molecule has 7 heteroatoms. The number of carbonyl (C=O) groups is 1. The summed E-state index contributed by atoms with van der Waals surface area (Å²) in [5.41, 5.74) is -0.599. The maximum absolute atomic E-state index is 13.0. The molecule has 2 atom stereocenters. The number of hydrogen-bond acceptors (Lipinski definition) is 4. The molecule has 0 spiro atoms. The molecule has 0 amide bonds. The Morgan fingerprint density at radius 1 is 1.35 bits per heavy atom. The third-order valence-electron chi connectivity index (χ3n) is 5.33. The van der Waals surface area contributed by atoms with Gasteiger partial charge in [0.2, 0.25) is 10.0 Å². The third-order valence-corrected chi connectivity index (χ3v) is 7.16. The van der Waals surface area contributed by atoms with Gasteiger partial charge in [0.15, 0.2) is 5.58 Å². The van der Waals surface area contributed by atoms with Crippen molar-refractivity contribution in [3.8, 4) is 0 Å². The van der Waals surface area contributed by atoms with Crippen LogP contribution in [0.15, 0.2) is 39.8 Å². The molecule has 0 radical (unpaired) electrons. The van der Waals surface area contributed by atoms with Crippen LogP contribution >= 0.6 is 0 Å². The van der Waals surface area contributed by atoms with E-state index in [4.69, 9.17) is 4.42 Å². The Morgan fingerprint density at radius 3 is 2.91 bits per heavy atom. The lowest BCUT2D eigenvalue weighted by molar-refractivity contribution is -0.149. The van der Waals surface area contributed by atoms with Gasteiger partial charge in [-0.05, 0) is 30.9 Å². The van der Waals surface area contributed by atoms with E-state index in [0.29, 0.717) is 12.0 Å². The van der Waals surface area contributed by atoms with E-state index in [1.165, 1.54) is 16.6 Å². The van der Waals surface area contributed by atoms with E-state index in [9.17, 15) is 18.3 Å². The van der Waals surface area contributed by atoms with Gasteiger partial charge in [0.1, 0.15) is 4.90 Å². The summed E-state index contributed by atoms with van der Waals surface area (Å²) < 4.78 is 32.7. The fourth-order valence-corrected chi connectivity index (χ4v) is 5.79. The summed E-state index contributed by atoms with van der Waals surface area (Å²) in [7, 11) is -3.77. The number of fused-ring (bicyclic) bond motifs is 2. The zero-order valence-corrected chi connectivity index (χ0v) is 13.3. The summed E-state index contributed by atoms with van der Waals surface area (Å²) in [6, 6.07) is 6.69. The lowest BCUT2D eigenvalue weighted by Crippen LogP contribution is -2.37. The first-order valence-electron chi connectivity index (χ1n) is 7.65. The van der Waals surface area contributed by atoms with Crippen LogP contribution in [0, 0.1) is 11.3 Å². The molecule has 2 heterocycles. The van der Waals surface area contributed by atoms with Crippen LogP contribution in [0.25, 0.3) is 11.0 Å². The van der Waals surface area contributed by atoms with Crippen molar-refractivity contribution in [2.75, 3.05) is 13.1 Å². The highest BCUT2D eigenvalue weighted by molar-refractivity contribution is 7.89. The van der Waals surface area contributed by atoms with Gasteiger partial charge >= 0.3 is 5.97 Å². The normalized spacial score (nSPS) is 28.3. The maximum atomic E-state index is 13.0. The number of rotatable bonds is 3. The average molecular weight is 335 g/mol. The molecule has 122 valence electrons. The van der Waals surface area contributed by atoms with Crippen molar-refractivity contribution in [1.82, 2.24) is 4.31 Å². The summed E-state index contributed by atoms with van der Waals surface area (Å²) in [5, 5.41) is 10.3. The van der Waals surface area contributed by atoms with Crippen molar-refractivity contribution < 1.29 is 22.7 Å². The summed E-state index contributed by atoms with van der Waals surface area (Å²) in [4.78, 5) is 11.9. The van der Waals surface area contributed by atoms with Crippen LogP contribution in [0.1, 0.15) is 19.3 Å². The lowest BCUT2D eigenvalue weighted by Gasteiger charge is -2.23. The van der Waals surface area contributed by atoms with E-state index in [1.54, 1.807) is 18.2 Å². The molecule has 2 fully saturated rings. The quantitative estimate of drug-likeness (QED) is 0.930. The molecule has 23 heavy (non-hydrogen) atoms. The highest BCUT2D eigenvalue weighted by Crippen LogP contribution is 2.50. The van der Waals surface area contributed by atoms with E-state index in [2.05, 4.69) is 0 Å². The summed E-state index contributed by atoms with van der Waals surface area (Å²) in [6.45, 7) is 0.318. The molecule has 6 nitrogen and oxygen atoms in total. The van der Waals surface area contributed by atoms with Gasteiger partial charge in [0.05, 0.1) is 11.7 Å². The van der Waals surface area contributed by atoms with Crippen molar-refractivity contribution >= 4 is 27.0 Å². The number of hydrogen-bond donors (Lipinski definition) is 1. The number of sulfonamides is 1. The van der Waals surface area contributed by atoms with Crippen molar-refractivity contribution in [2.24, 2.45) is 11.3 Å². The molecule has 1 saturated heterocycles. The smallest absolute Gasteiger partial charge is 0.311 e. The fraction of sp³-hybridized carbons (Fsp3) is 0.438. The summed E-state index contributed by atoms with van der Waals surface area (Å²) in [6.07, 6.45) is 3.62. The SMILES string of the molecule is O=C(O)[C@@]12CCC[C@H]1CN(S(=O)(=O)c1cccc3ccoc13)C2.